The van der Waals surface area contributed by atoms with E-state index in [0.29, 0.717) is 10.7 Å². The van der Waals surface area contributed by atoms with Crippen LogP contribution in [0.1, 0.15) is 11.1 Å². The van der Waals surface area contributed by atoms with Gasteiger partial charge in [0.15, 0.2) is 11.5 Å². The van der Waals surface area contributed by atoms with Gasteiger partial charge in [0, 0.05) is 10.6 Å². The van der Waals surface area contributed by atoms with Crippen molar-refractivity contribution in [3.05, 3.63) is 70.4 Å². The van der Waals surface area contributed by atoms with Crippen LogP contribution in [0.25, 0.3) is 5.76 Å². The first-order chi connectivity index (χ1) is 11.9. The summed E-state index contributed by atoms with van der Waals surface area (Å²) in [5.74, 6) is -2.76. The lowest BCUT2D eigenvalue weighted by atomic mass is 10.1. The topological polar surface area (TPSA) is 88.3 Å². The van der Waals surface area contributed by atoms with E-state index in [1.165, 1.54) is 24.3 Å². The van der Waals surface area contributed by atoms with Crippen molar-refractivity contribution in [3.8, 4) is 0 Å². The van der Waals surface area contributed by atoms with Gasteiger partial charge in [-0.2, -0.15) is 5.11 Å². The van der Waals surface area contributed by atoms with E-state index in [-0.39, 0.29) is 5.56 Å². The summed E-state index contributed by atoms with van der Waals surface area (Å²) in [6.07, 6.45) is 0. The van der Waals surface area contributed by atoms with Crippen LogP contribution in [0.15, 0.2) is 64.5 Å². The summed E-state index contributed by atoms with van der Waals surface area (Å²) in [5, 5.41) is 18.5. The van der Waals surface area contributed by atoms with Crippen LogP contribution in [0.2, 0.25) is 5.02 Å². The Hall–Kier alpha value is -2.99. The van der Waals surface area contributed by atoms with E-state index in [1.54, 1.807) is 12.1 Å². The highest BCUT2D eigenvalue weighted by Crippen LogP contribution is 2.22. The van der Waals surface area contributed by atoms with Crippen LogP contribution < -0.4 is 0 Å². The first-order valence-corrected chi connectivity index (χ1v) is 7.60. The van der Waals surface area contributed by atoms with Gasteiger partial charge in [-0.3, -0.25) is 4.79 Å². The van der Waals surface area contributed by atoms with E-state index in [2.05, 4.69) is 15.0 Å². The molecule has 2 aromatic rings. The number of carbonyl (C=O) groups is 2. The predicted octanol–water partition coefficient (Wildman–Crippen LogP) is 4.40. The molecule has 7 heteroatoms. The molecule has 25 heavy (non-hydrogen) atoms. The van der Waals surface area contributed by atoms with Gasteiger partial charge in [-0.25, -0.2) is 4.79 Å². The quantitative estimate of drug-likeness (QED) is 0.282. The van der Waals surface area contributed by atoms with E-state index in [4.69, 9.17) is 11.6 Å². The van der Waals surface area contributed by atoms with Crippen LogP contribution in [-0.2, 0) is 14.3 Å². The summed E-state index contributed by atoms with van der Waals surface area (Å²) in [6, 6.07) is 13.1. The molecule has 0 spiro atoms. The molecule has 0 saturated heterocycles. The number of azo groups is 1. The average molecular weight is 359 g/mol. The Morgan fingerprint density at radius 3 is 2.20 bits per heavy atom. The van der Waals surface area contributed by atoms with Gasteiger partial charge in [-0.1, -0.05) is 29.3 Å². The van der Waals surface area contributed by atoms with Crippen molar-refractivity contribution in [1.29, 1.82) is 0 Å². The van der Waals surface area contributed by atoms with Gasteiger partial charge in [0.2, 0.25) is 0 Å². The number of rotatable bonds is 5. The van der Waals surface area contributed by atoms with Crippen molar-refractivity contribution in [1.82, 2.24) is 0 Å². The van der Waals surface area contributed by atoms with E-state index >= 15 is 0 Å². The lowest BCUT2D eigenvalue weighted by Crippen LogP contribution is -2.18. The summed E-state index contributed by atoms with van der Waals surface area (Å²) in [5.41, 5.74) is 1.24. The Balaban J connectivity index is 2.47. The Bertz CT molecular complexity index is 840. The van der Waals surface area contributed by atoms with Gasteiger partial charge < -0.3 is 9.84 Å². The number of benzene rings is 2. The SMILES string of the molecule is COC(=O)C(=O)C(N=Nc1ccc(C)cc1)=C(O)c1ccc(Cl)cc1. The van der Waals surface area contributed by atoms with Crippen LogP contribution >= 0.6 is 11.6 Å². The second-order valence-electron chi connectivity index (χ2n) is 5.06. The third kappa shape index (κ3) is 4.74. The molecule has 0 aliphatic heterocycles. The fraction of sp³-hybridized carbons (Fsp3) is 0.111. The highest BCUT2D eigenvalue weighted by molar-refractivity contribution is 6.41. The molecular formula is C18H15ClN2O4. The van der Waals surface area contributed by atoms with Gasteiger partial charge in [-0.05, 0) is 43.3 Å². The number of nitrogens with zero attached hydrogens (tertiary/aromatic N) is 2. The molecule has 0 saturated carbocycles. The second-order valence-corrected chi connectivity index (χ2v) is 5.50. The molecule has 1 N–H and O–H groups in total. The van der Waals surface area contributed by atoms with Crippen molar-refractivity contribution >= 4 is 34.8 Å². The number of Topliss-reactive ketones (excluding diaryl/α,β-unsaturated/α-hetero) is 1. The molecule has 0 unspecified atom stereocenters. The monoisotopic (exact) mass is 358 g/mol. The highest BCUT2D eigenvalue weighted by atomic mass is 35.5. The predicted molar refractivity (Wildman–Crippen MR) is 93.7 cm³/mol. The molecule has 0 amide bonds. The lowest BCUT2D eigenvalue weighted by molar-refractivity contribution is -0.149. The number of esters is 1. The molecular weight excluding hydrogens is 344 g/mol. The summed E-state index contributed by atoms with van der Waals surface area (Å²) in [7, 11) is 1.06. The van der Waals surface area contributed by atoms with Gasteiger partial charge >= 0.3 is 5.97 Å². The Labute approximate surface area is 149 Å². The fourth-order valence-electron chi connectivity index (χ4n) is 1.85. The third-order valence-electron chi connectivity index (χ3n) is 3.23. The van der Waals surface area contributed by atoms with Crippen molar-refractivity contribution in [2.75, 3.05) is 7.11 Å². The first kappa shape index (κ1) is 18.4. The minimum atomic E-state index is -1.15. The van der Waals surface area contributed by atoms with Crippen molar-refractivity contribution in [3.63, 3.8) is 0 Å². The number of aryl methyl sites for hydroxylation is 1. The molecule has 0 fully saturated rings. The van der Waals surface area contributed by atoms with Crippen LogP contribution in [0.4, 0.5) is 5.69 Å². The molecule has 0 aromatic heterocycles. The molecule has 0 aliphatic rings. The van der Waals surface area contributed by atoms with Gasteiger partial charge in [0.1, 0.15) is 0 Å². The normalized spacial score (nSPS) is 12.0. The zero-order valence-corrected chi connectivity index (χ0v) is 14.3. The Morgan fingerprint density at radius 2 is 1.64 bits per heavy atom. The molecule has 2 rings (SSSR count). The summed E-state index contributed by atoms with van der Waals surface area (Å²) in [4.78, 5) is 23.7. The number of hydrogen-bond acceptors (Lipinski definition) is 6. The lowest BCUT2D eigenvalue weighted by Gasteiger charge is -2.05. The summed E-state index contributed by atoms with van der Waals surface area (Å²) in [6.45, 7) is 1.92. The van der Waals surface area contributed by atoms with Crippen LogP contribution in [0.5, 0.6) is 0 Å². The molecule has 0 heterocycles. The van der Waals surface area contributed by atoms with Crippen molar-refractivity contribution in [2.45, 2.75) is 6.92 Å². The average Bonchev–Trinajstić information content (AvgIpc) is 2.62. The number of aliphatic hydroxyl groups is 1. The number of aliphatic hydroxyl groups excluding tert-OH is 1. The zero-order chi connectivity index (χ0) is 18.4. The molecule has 0 aliphatic carbocycles. The molecule has 0 bridgehead atoms. The standard InChI is InChI=1S/C18H15ClN2O4/c1-11-3-9-14(10-4-11)20-21-15(17(23)18(24)25-2)16(22)12-5-7-13(19)8-6-12/h3-10,22H,1-2H3. The van der Waals surface area contributed by atoms with Crippen molar-refractivity contribution in [2.24, 2.45) is 10.2 Å². The molecule has 0 radical (unpaired) electrons. The number of halogens is 1. The minimum absolute atomic E-state index is 0.263. The van der Waals surface area contributed by atoms with Crippen LogP contribution in [-0.4, -0.2) is 24.0 Å². The largest absolute Gasteiger partial charge is 0.505 e. The smallest absolute Gasteiger partial charge is 0.381 e. The number of carbonyl (C=O) groups excluding carboxylic acids is 2. The summed E-state index contributed by atoms with van der Waals surface area (Å²) >= 11 is 5.80. The molecule has 2 aromatic carbocycles. The Kier molecular flexibility index (Phi) is 6.03. The molecule has 0 atom stereocenters. The number of hydrogen-bond donors (Lipinski definition) is 1. The number of ether oxygens (including phenoxy) is 1. The van der Waals surface area contributed by atoms with Gasteiger partial charge in [0.25, 0.3) is 5.78 Å². The second kappa shape index (κ2) is 8.21. The Morgan fingerprint density at radius 1 is 1.04 bits per heavy atom. The summed E-state index contributed by atoms with van der Waals surface area (Å²) < 4.78 is 4.41. The highest BCUT2D eigenvalue weighted by Gasteiger charge is 2.24. The van der Waals surface area contributed by atoms with E-state index in [1.807, 2.05) is 19.1 Å². The number of methoxy groups -OCH3 is 1. The number of ketones is 1. The van der Waals surface area contributed by atoms with Gasteiger partial charge in [-0.15, -0.1) is 5.11 Å². The zero-order valence-electron chi connectivity index (χ0n) is 13.6. The molecule has 128 valence electrons. The first-order valence-electron chi connectivity index (χ1n) is 7.22. The fourth-order valence-corrected chi connectivity index (χ4v) is 1.98. The van der Waals surface area contributed by atoms with Gasteiger partial charge in [0.05, 0.1) is 12.8 Å². The maximum absolute atomic E-state index is 12.2. The van der Waals surface area contributed by atoms with Crippen LogP contribution in [0.3, 0.4) is 0 Å². The van der Waals surface area contributed by atoms with E-state index in [9.17, 15) is 14.7 Å². The maximum atomic E-state index is 12.2. The minimum Gasteiger partial charge on any atom is -0.505 e. The van der Waals surface area contributed by atoms with Crippen molar-refractivity contribution < 1.29 is 19.4 Å². The third-order valence-corrected chi connectivity index (χ3v) is 3.48. The molecule has 6 nitrogen and oxygen atoms in total. The van der Waals surface area contributed by atoms with Crippen LogP contribution in [0, 0.1) is 6.92 Å². The van der Waals surface area contributed by atoms with E-state index < -0.39 is 23.2 Å². The van der Waals surface area contributed by atoms with E-state index in [0.717, 1.165) is 12.7 Å². The maximum Gasteiger partial charge on any atom is 0.381 e.